The molecule has 4 rings (SSSR count). The van der Waals surface area contributed by atoms with Gasteiger partial charge in [-0.15, -0.1) is 0 Å². The molecule has 0 saturated carbocycles. The first-order valence-electron chi connectivity index (χ1n) is 9.84. The molecule has 1 atom stereocenters. The van der Waals surface area contributed by atoms with Crippen LogP contribution in [0, 0.1) is 0 Å². The van der Waals surface area contributed by atoms with Crippen molar-refractivity contribution in [2.24, 2.45) is 0 Å². The van der Waals surface area contributed by atoms with E-state index in [-0.39, 0.29) is 11.8 Å². The third kappa shape index (κ3) is 4.16. The third-order valence-electron chi connectivity index (χ3n) is 5.41. The average molecular weight is 421 g/mol. The summed E-state index contributed by atoms with van der Waals surface area (Å²) < 4.78 is 17.1. The molecule has 0 spiro atoms. The minimum atomic E-state index is -0.958. The number of aryl methyl sites for hydroxylation is 1. The lowest BCUT2D eigenvalue weighted by atomic mass is 9.89. The van der Waals surface area contributed by atoms with Crippen molar-refractivity contribution in [3.63, 3.8) is 0 Å². The van der Waals surface area contributed by atoms with Gasteiger partial charge in [0.15, 0.2) is 6.35 Å². The zero-order valence-corrected chi connectivity index (χ0v) is 17.9. The van der Waals surface area contributed by atoms with Crippen molar-refractivity contribution in [3.8, 4) is 11.5 Å². The molecule has 4 nitrogen and oxygen atoms in total. The highest BCUT2D eigenvalue weighted by atomic mass is 35.5. The molecule has 2 aliphatic rings. The number of benzene rings is 2. The lowest BCUT2D eigenvalue weighted by Gasteiger charge is -2.22. The van der Waals surface area contributed by atoms with E-state index in [0.29, 0.717) is 12.1 Å². The van der Waals surface area contributed by atoms with Gasteiger partial charge in [0.2, 0.25) is 8.38 Å². The van der Waals surface area contributed by atoms with E-state index in [1.807, 2.05) is 12.1 Å². The molecule has 2 aromatic carbocycles. The van der Waals surface area contributed by atoms with Crippen molar-refractivity contribution in [1.29, 1.82) is 0 Å². The number of halogens is 1. The molecule has 28 heavy (non-hydrogen) atoms. The lowest BCUT2D eigenvalue weighted by molar-refractivity contribution is 0.168. The average Bonchev–Trinajstić information content (AvgIpc) is 3.12. The largest absolute Gasteiger partial charge is 0.508 e. The molecule has 1 aliphatic carbocycles. The van der Waals surface area contributed by atoms with Crippen LogP contribution in [-0.4, -0.2) is 24.7 Å². The van der Waals surface area contributed by atoms with E-state index in [4.69, 9.17) is 25.4 Å². The topological polar surface area (TPSA) is 47.9 Å². The molecule has 1 N–H and O–H groups in total. The van der Waals surface area contributed by atoms with Gasteiger partial charge >= 0.3 is 0 Å². The summed E-state index contributed by atoms with van der Waals surface area (Å²) in [6.45, 7) is 5.68. The van der Waals surface area contributed by atoms with Crippen molar-refractivity contribution in [1.82, 2.24) is 0 Å². The number of rotatable bonds is 5. The number of ether oxygens (including phenoxy) is 1. The van der Waals surface area contributed by atoms with Crippen molar-refractivity contribution >= 4 is 20.0 Å². The maximum absolute atomic E-state index is 10.1. The quantitative estimate of drug-likeness (QED) is 0.574. The number of phenolic OH excluding ortho intramolecular Hbond substituents is 1. The van der Waals surface area contributed by atoms with E-state index in [1.165, 1.54) is 16.7 Å². The van der Waals surface area contributed by atoms with E-state index in [9.17, 15) is 5.11 Å². The second-order valence-corrected chi connectivity index (χ2v) is 9.52. The summed E-state index contributed by atoms with van der Waals surface area (Å²) in [6.07, 6.45) is 3.36. The van der Waals surface area contributed by atoms with E-state index in [2.05, 4.69) is 26.0 Å². The van der Waals surface area contributed by atoms with Crippen LogP contribution < -0.4 is 4.74 Å². The Bertz CT molecular complexity index is 849. The second-order valence-electron chi connectivity index (χ2n) is 7.67. The summed E-state index contributed by atoms with van der Waals surface area (Å²) in [5.41, 5.74) is 4.62. The van der Waals surface area contributed by atoms with Crippen LogP contribution in [0.3, 0.4) is 0 Å². The molecule has 0 amide bonds. The molecule has 0 aromatic heterocycles. The number of hydrogen-bond acceptors (Lipinski definition) is 4. The molecular weight excluding hydrogens is 395 g/mol. The van der Waals surface area contributed by atoms with Gasteiger partial charge in [0, 0.05) is 10.9 Å². The number of phenols is 1. The Kier molecular flexibility index (Phi) is 6.13. The highest BCUT2D eigenvalue weighted by molar-refractivity contribution is 7.47. The van der Waals surface area contributed by atoms with Crippen LogP contribution in [0.25, 0.3) is 0 Å². The molecular formula is C22H26ClO4P. The molecule has 0 radical (unpaired) electrons. The predicted octanol–water partition coefficient (Wildman–Crippen LogP) is 6.33. The zero-order chi connectivity index (χ0) is 19.7. The molecule has 1 saturated heterocycles. The predicted molar refractivity (Wildman–Crippen MR) is 113 cm³/mol. The Morgan fingerprint density at radius 1 is 1.21 bits per heavy atom. The highest BCUT2D eigenvalue weighted by Gasteiger charge is 2.28. The minimum Gasteiger partial charge on any atom is -0.508 e. The Morgan fingerprint density at radius 2 is 2.00 bits per heavy atom. The number of hydrogen-bond donors (Lipinski definition) is 1. The number of fused-ring (bicyclic) bond motifs is 1. The van der Waals surface area contributed by atoms with E-state index >= 15 is 0 Å². The van der Waals surface area contributed by atoms with Gasteiger partial charge in [0.05, 0.1) is 13.2 Å². The summed E-state index contributed by atoms with van der Waals surface area (Å²) in [7, 11) is -0.958. The SMILES string of the molecule is CC(C)c1cc(C2CCc3cc(OCP4OCCCO4)cc(Cl)c32)ccc1O. The van der Waals surface area contributed by atoms with Crippen molar-refractivity contribution in [2.75, 3.05) is 19.6 Å². The smallest absolute Gasteiger partial charge is 0.211 e. The van der Waals surface area contributed by atoms with Crippen molar-refractivity contribution < 1.29 is 18.9 Å². The molecule has 2 aromatic rings. The van der Waals surface area contributed by atoms with Crippen LogP contribution in [0.5, 0.6) is 11.5 Å². The first-order chi connectivity index (χ1) is 13.5. The minimum absolute atomic E-state index is 0.254. The van der Waals surface area contributed by atoms with Gasteiger partial charge in [0.1, 0.15) is 11.5 Å². The Labute approximate surface area is 172 Å². The fourth-order valence-electron chi connectivity index (χ4n) is 3.99. The summed E-state index contributed by atoms with van der Waals surface area (Å²) in [5, 5.41) is 10.9. The first kappa shape index (κ1) is 20.0. The van der Waals surface area contributed by atoms with E-state index < -0.39 is 8.38 Å². The normalized spacial score (nSPS) is 19.8. The summed E-state index contributed by atoms with van der Waals surface area (Å²) >= 11 is 6.69. The molecule has 1 heterocycles. The molecule has 0 bridgehead atoms. The first-order valence-corrected chi connectivity index (χ1v) is 11.6. The van der Waals surface area contributed by atoms with Crippen LogP contribution >= 0.6 is 20.0 Å². The molecule has 150 valence electrons. The lowest BCUT2D eigenvalue weighted by Crippen LogP contribution is -2.09. The van der Waals surface area contributed by atoms with Crippen LogP contribution in [0.15, 0.2) is 30.3 Å². The molecule has 1 aliphatic heterocycles. The van der Waals surface area contributed by atoms with Gasteiger partial charge in [-0.2, -0.15) is 0 Å². The Hall–Kier alpha value is -1.32. The van der Waals surface area contributed by atoms with E-state index in [1.54, 1.807) is 6.07 Å². The third-order valence-corrected chi connectivity index (χ3v) is 7.01. The van der Waals surface area contributed by atoms with Gasteiger partial charge < -0.3 is 18.9 Å². The summed E-state index contributed by atoms with van der Waals surface area (Å²) in [5.74, 6) is 1.67. The van der Waals surface area contributed by atoms with Gasteiger partial charge in [-0.25, -0.2) is 0 Å². The maximum Gasteiger partial charge on any atom is 0.211 e. The second kappa shape index (κ2) is 8.59. The fourth-order valence-corrected chi connectivity index (χ4v) is 5.49. The van der Waals surface area contributed by atoms with Crippen molar-refractivity contribution in [3.05, 3.63) is 57.6 Å². The van der Waals surface area contributed by atoms with Gasteiger partial charge in [0.25, 0.3) is 0 Å². The fraction of sp³-hybridized carbons (Fsp3) is 0.455. The monoisotopic (exact) mass is 420 g/mol. The van der Waals surface area contributed by atoms with E-state index in [0.717, 1.165) is 48.8 Å². The van der Waals surface area contributed by atoms with Crippen LogP contribution in [0.4, 0.5) is 0 Å². The van der Waals surface area contributed by atoms with Crippen LogP contribution in [0.2, 0.25) is 5.02 Å². The molecule has 1 fully saturated rings. The maximum atomic E-state index is 10.1. The van der Waals surface area contributed by atoms with Gasteiger partial charge in [-0.1, -0.05) is 37.6 Å². The summed E-state index contributed by atoms with van der Waals surface area (Å²) in [4.78, 5) is 0. The highest BCUT2D eigenvalue weighted by Crippen LogP contribution is 2.46. The Morgan fingerprint density at radius 3 is 2.75 bits per heavy atom. The zero-order valence-electron chi connectivity index (χ0n) is 16.3. The van der Waals surface area contributed by atoms with Gasteiger partial charge in [-0.05, 0) is 65.6 Å². The van der Waals surface area contributed by atoms with Crippen molar-refractivity contribution in [2.45, 2.75) is 44.9 Å². The van der Waals surface area contributed by atoms with Crippen LogP contribution in [-0.2, 0) is 15.5 Å². The number of aromatic hydroxyl groups is 1. The Balaban J connectivity index is 1.54. The van der Waals surface area contributed by atoms with Gasteiger partial charge in [-0.3, -0.25) is 0 Å². The molecule has 6 heteroatoms. The van der Waals surface area contributed by atoms with Crippen LogP contribution in [0.1, 0.15) is 60.8 Å². The summed E-state index contributed by atoms with van der Waals surface area (Å²) in [6, 6.07) is 9.95. The standard InChI is InChI=1S/C22H26ClO4P/c1-14(2)19-11-15(5-7-21(19)24)18-6-4-16-10-17(12-20(23)22(16)18)25-13-28-26-8-3-9-27-28/h5,7,10-12,14,18,24H,3-4,6,8-9,13H2,1-2H3. The molecule has 1 unspecified atom stereocenters.